The maximum absolute atomic E-state index is 13.8. The Labute approximate surface area is 167 Å². The first-order chi connectivity index (χ1) is 13.6. The second kappa shape index (κ2) is 7.93. The number of carbonyl (C=O) groups excluding carboxylic acids is 2. The summed E-state index contributed by atoms with van der Waals surface area (Å²) in [5.41, 5.74) is -0.0951. The summed E-state index contributed by atoms with van der Waals surface area (Å²) in [6.07, 6.45) is -5.20. The first kappa shape index (κ1) is 24.3. The smallest absolute Gasteiger partial charge is 0.460 e. The minimum absolute atomic E-state index is 0.164. The van der Waals surface area contributed by atoms with Crippen molar-refractivity contribution in [1.29, 1.82) is 0 Å². The molecular weight excluding hydrogens is 457 g/mol. The van der Waals surface area contributed by atoms with E-state index >= 15 is 0 Å². The van der Waals surface area contributed by atoms with E-state index in [0.29, 0.717) is 41.0 Å². The first-order valence-electron chi connectivity index (χ1n) is 8.42. The van der Waals surface area contributed by atoms with Crippen LogP contribution in [0.3, 0.4) is 0 Å². The molecule has 2 rings (SSSR count). The maximum atomic E-state index is 13.8. The molecular formula is C16H14F9NO3S. The Morgan fingerprint density at radius 1 is 0.967 bits per heavy atom. The fourth-order valence-corrected chi connectivity index (χ4v) is 4.04. The highest BCUT2D eigenvalue weighted by Gasteiger charge is 2.83. The van der Waals surface area contributed by atoms with E-state index in [4.69, 9.17) is 4.74 Å². The second-order valence-electron chi connectivity index (χ2n) is 6.31. The van der Waals surface area contributed by atoms with Gasteiger partial charge in [-0.15, -0.1) is 11.3 Å². The van der Waals surface area contributed by atoms with Gasteiger partial charge in [0.2, 0.25) is 0 Å². The van der Waals surface area contributed by atoms with Crippen molar-refractivity contribution in [3.63, 3.8) is 0 Å². The molecule has 1 heterocycles. The number of halogens is 9. The molecule has 0 aliphatic heterocycles. The molecule has 0 atom stereocenters. The van der Waals surface area contributed by atoms with Crippen molar-refractivity contribution in [3.05, 3.63) is 16.0 Å². The molecule has 1 aliphatic rings. The van der Waals surface area contributed by atoms with Gasteiger partial charge in [-0.05, 0) is 38.2 Å². The van der Waals surface area contributed by atoms with E-state index < -0.39 is 46.4 Å². The highest BCUT2D eigenvalue weighted by molar-refractivity contribution is 7.17. The summed E-state index contributed by atoms with van der Waals surface area (Å²) in [5, 5.41) is 0.541. The lowest BCUT2D eigenvalue weighted by atomic mass is 9.95. The largest absolute Gasteiger partial charge is 0.462 e. The molecule has 0 unspecified atom stereocenters. The Bertz CT molecular complexity index is 833. The number of esters is 1. The average molecular weight is 471 g/mol. The molecule has 1 N–H and O–H groups in total. The fraction of sp³-hybridized carbons (Fsp3) is 0.625. The lowest BCUT2D eigenvalue weighted by Gasteiger charge is -2.32. The molecule has 1 aromatic heterocycles. The second-order valence-corrected chi connectivity index (χ2v) is 7.42. The van der Waals surface area contributed by atoms with Crippen molar-refractivity contribution in [3.8, 4) is 0 Å². The molecule has 0 saturated carbocycles. The Kier molecular flexibility index (Phi) is 6.42. The molecule has 1 aliphatic carbocycles. The summed E-state index contributed by atoms with van der Waals surface area (Å²) < 4.78 is 122. The molecule has 0 bridgehead atoms. The van der Waals surface area contributed by atoms with Gasteiger partial charge in [-0.2, -0.15) is 39.5 Å². The third kappa shape index (κ3) is 3.85. The van der Waals surface area contributed by atoms with E-state index in [-0.39, 0.29) is 13.0 Å². The van der Waals surface area contributed by atoms with E-state index in [1.54, 1.807) is 0 Å². The van der Waals surface area contributed by atoms with Crippen molar-refractivity contribution in [2.45, 2.75) is 56.6 Å². The van der Waals surface area contributed by atoms with Crippen LogP contribution in [0.25, 0.3) is 0 Å². The van der Waals surface area contributed by atoms with Crippen molar-refractivity contribution in [1.82, 2.24) is 0 Å². The van der Waals surface area contributed by atoms with Gasteiger partial charge in [0.05, 0.1) is 12.2 Å². The van der Waals surface area contributed by atoms with E-state index in [1.807, 2.05) is 0 Å². The van der Waals surface area contributed by atoms with Gasteiger partial charge in [-0.1, -0.05) is 0 Å². The van der Waals surface area contributed by atoms with Crippen LogP contribution in [-0.4, -0.2) is 42.4 Å². The van der Waals surface area contributed by atoms with Gasteiger partial charge in [0.1, 0.15) is 5.00 Å². The van der Waals surface area contributed by atoms with E-state index in [2.05, 4.69) is 0 Å². The highest BCUT2D eigenvalue weighted by atomic mass is 32.1. The Hall–Kier alpha value is -1.99. The van der Waals surface area contributed by atoms with Crippen LogP contribution in [0.5, 0.6) is 0 Å². The van der Waals surface area contributed by atoms with Gasteiger partial charge >= 0.3 is 35.8 Å². The predicted octanol–water partition coefficient (Wildman–Crippen LogP) is 5.21. The number of anilines is 1. The molecule has 30 heavy (non-hydrogen) atoms. The molecule has 1 amide bonds. The number of hydrogen-bond donors (Lipinski definition) is 1. The number of aryl methyl sites for hydroxylation is 1. The zero-order valence-corrected chi connectivity index (χ0v) is 15.9. The van der Waals surface area contributed by atoms with Crippen LogP contribution < -0.4 is 5.32 Å². The number of hydrogen-bond acceptors (Lipinski definition) is 4. The highest BCUT2D eigenvalue weighted by Crippen LogP contribution is 2.53. The van der Waals surface area contributed by atoms with Gasteiger partial charge in [0, 0.05) is 4.88 Å². The van der Waals surface area contributed by atoms with Crippen molar-refractivity contribution < 1.29 is 53.8 Å². The number of fused-ring (bicyclic) bond motifs is 1. The topological polar surface area (TPSA) is 55.4 Å². The minimum Gasteiger partial charge on any atom is -0.462 e. The van der Waals surface area contributed by atoms with Gasteiger partial charge in [-0.25, -0.2) is 4.79 Å². The third-order valence-corrected chi connectivity index (χ3v) is 5.52. The summed E-state index contributed by atoms with van der Waals surface area (Å²) in [4.78, 5) is 24.3. The molecule has 4 nitrogen and oxygen atoms in total. The van der Waals surface area contributed by atoms with Crippen LogP contribution in [0.1, 0.15) is 40.6 Å². The maximum Gasteiger partial charge on any atom is 0.460 e. The molecule has 0 fully saturated rings. The molecule has 0 radical (unpaired) electrons. The van der Waals surface area contributed by atoms with Gasteiger partial charge in [0.25, 0.3) is 0 Å². The minimum atomic E-state index is -7.19. The van der Waals surface area contributed by atoms with Crippen molar-refractivity contribution >= 4 is 28.2 Å². The van der Waals surface area contributed by atoms with E-state index in [9.17, 15) is 49.1 Å². The molecule has 14 heteroatoms. The summed E-state index contributed by atoms with van der Waals surface area (Å²) >= 11 is 0.564. The molecule has 0 aromatic carbocycles. The van der Waals surface area contributed by atoms with Crippen LogP contribution in [0, 0.1) is 0 Å². The van der Waals surface area contributed by atoms with Gasteiger partial charge in [0.15, 0.2) is 0 Å². The van der Waals surface area contributed by atoms with Crippen LogP contribution in [0.15, 0.2) is 0 Å². The van der Waals surface area contributed by atoms with Gasteiger partial charge < -0.3 is 10.1 Å². The van der Waals surface area contributed by atoms with Crippen LogP contribution >= 0.6 is 11.3 Å². The number of alkyl halides is 9. The number of thiophene rings is 1. The number of amides is 1. The van der Waals surface area contributed by atoms with Gasteiger partial charge in [-0.3, -0.25) is 4.79 Å². The fourth-order valence-electron chi connectivity index (χ4n) is 2.77. The van der Waals surface area contributed by atoms with E-state index in [0.717, 1.165) is 0 Å². The average Bonchev–Trinajstić information content (AvgIpc) is 2.98. The number of rotatable bonds is 6. The normalized spacial score (nSPS) is 15.5. The third-order valence-electron chi connectivity index (χ3n) is 4.31. The summed E-state index contributed by atoms with van der Waals surface area (Å²) in [7, 11) is 0. The standard InChI is InChI=1S/C16H14F9NO3S/c1-2-29-11(27)9-7-5-3-4-6-8(7)30-10(9)26-12(28)13(17,18)14(19,20)15(21,22)16(23,24)25/h2-6H2,1H3,(H,26,28). The predicted molar refractivity (Wildman–Crippen MR) is 86.4 cm³/mol. The van der Waals surface area contributed by atoms with Crippen LogP contribution in [0.4, 0.5) is 44.5 Å². The number of ether oxygens (including phenoxy) is 1. The first-order valence-corrected chi connectivity index (χ1v) is 9.24. The summed E-state index contributed by atoms with van der Waals surface area (Å²) in [5.74, 6) is -24.9. The summed E-state index contributed by atoms with van der Waals surface area (Å²) in [6, 6.07) is 0. The number of nitrogens with one attached hydrogen (secondary N) is 1. The van der Waals surface area contributed by atoms with Crippen LogP contribution in [-0.2, 0) is 22.4 Å². The molecule has 1 aromatic rings. The number of carbonyl (C=O) groups is 2. The molecule has 0 spiro atoms. The SMILES string of the molecule is CCOC(=O)c1c(NC(=O)C(F)(F)C(F)(F)C(F)(F)C(F)(F)F)sc2c1CCCC2. The molecule has 170 valence electrons. The van der Waals surface area contributed by atoms with E-state index in [1.165, 1.54) is 12.2 Å². The Morgan fingerprint density at radius 3 is 2.07 bits per heavy atom. The van der Waals surface area contributed by atoms with Crippen LogP contribution in [0.2, 0.25) is 0 Å². The van der Waals surface area contributed by atoms with Crippen molar-refractivity contribution in [2.75, 3.05) is 11.9 Å². The van der Waals surface area contributed by atoms with Crippen molar-refractivity contribution in [2.24, 2.45) is 0 Å². The zero-order chi connectivity index (χ0) is 23.1. The summed E-state index contributed by atoms with van der Waals surface area (Å²) in [6.45, 7) is 1.24. The molecule has 0 saturated heterocycles. The lowest BCUT2D eigenvalue weighted by molar-refractivity contribution is -0.388. The Balaban J connectivity index is 2.44. The quantitative estimate of drug-likeness (QED) is 0.458. The zero-order valence-electron chi connectivity index (χ0n) is 15.1. The monoisotopic (exact) mass is 471 g/mol. The lowest BCUT2D eigenvalue weighted by Crippen LogP contribution is -2.64. The Morgan fingerprint density at radius 2 is 1.53 bits per heavy atom.